The van der Waals surface area contributed by atoms with Crippen molar-refractivity contribution in [3.63, 3.8) is 0 Å². The van der Waals surface area contributed by atoms with Crippen LogP contribution in [-0.2, 0) is 14.6 Å². The Hall–Kier alpha value is -0.780. The van der Waals surface area contributed by atoms with Crippen LogP contribution in [0.1, 0.15) is 48.0 Å². The second kappa shape index (κ2) is 11.8. The molecular weight excluding hydrogens is 471 g/mol. The number of ether oxygens (including phenoxy) is 1. The van der Waals surface area contributed by atoms with Crippen LogP contribution in [0.15, 0.2) is 4.99 Å². The van der Waals surface area contributed by atoms with Gasteiger partial charge in [0.25, 0.3) is 0 Å². The summed E-state index contributed by atoms with van der Waals surface area (Å²) in [4.78, 5) is 16.3. The fraction of sp³-hybridized carbons (Fsp3) is 0.875. The van der Waals surface area contributed by atoms with Crippen molar-refractivity contribution in [3.8, 4) is 0 Å². The minimum Gasteiger partial charge on any atom is -0.444 e. The van der Waals surface area contributed by atoms with Crippen LogP contribution in [-0.4, -0.2) is 63.3 Å². The molecule has 3 N–H and O–H groups in total. The fourth-order valence-electron chi connectivity index (χ4n) is 1.78. The first-order valence-corrected chi connectivity index (χ1v) is 10.5. The zero-order chi connectivity index (χ0) is 19.7. The highest BCUT2D eigenvalue weighted by Gasteiger charge is 2.24. The molecule has 0 aromatic carbocycles. The summed E-state index contributed by atoms with van der Waals surface area (Å²) in [5.41, 5.74) is -1.14. The molecule has 0 radical (unpaired) electrons. The highest BCUT2D eigenvalue weighted by Crippen LogP contribution is 2.09. The highest BCUT2D eigenvalue weighted by atomic mass is 127. The molecule has 8 nitrogen and oxygen atoms in total. The van der Waals surface area contributed by atoms with Gasteiger partial charge in [0.2, 0.25) is 0 Å². The number of rotatable bonds is 8. The van der Waals surface area contributed by atoms with E-state index >= 15 is 0 Å². The molecule has 0 aliphatic heterocycles. The van der Waals surface area contributed by atoms with Crippen molar-refractivity contribution in [2.24, 2.45) is 4.99 Å². The van der Waals surface area contributed by atoms with Crippen LogP contribution in [0.2, 0.25) is 0 Å². The molecular formula is C16H35IN4O4S. The zero-order valence-electron chi connectivity index (χ0n) is 16.9. The lowest BCUT2D eigenvalue weighted by Gasteiger charge is -2.27. The molecule has 0 unspecified atom stereocenters. The van der Waals surface area contributed by atoms with Crippen molar-refractivity contribution in [3.05, 3.63) is 0 Å². The van der Waals surface area contributed by atoms with E-state index in [-0.39, 0.29) is 29.7 Å². The molecule has 156 valence electrons. The average Bonchev–Trinajstić information content (AvgIpc) is 2.36. The number of nitrogens with one attached hydrogen (secondary N) is 3. The Morgan fingerprint density at radius 2 is 1.69 bits per heavy atom. The molecule has 0 fully saturated rings. The Bertz CT molecular complexity index is 557. The van der Waals surface area contributed by atoms with Crippen molar-refractivity contribution in [1.82, 2.24) is 16.0 Å². The molecule has 10 heteroatoms. The summed E-state index contributed by atoms with van der Waals surface area (Å²) in [6.45, 7) is 12.6. The van der Waals surface area contributed by atoms with E-state index < -0.39 is 27.1 Å². The molecule has 26 heavy (non-hydrogen) atoms. The number of sulfone groups is 1. The molecule has 0 bridgehead atoms. The fourth-order valence-corrected chi connectivity index (χ4v) is 2.45. The number of aliphatic imine (C=N–C) groups is 1. The van der Waals surface area contributed by atoms with E-state index in [0.29, 0.717) is 32.0 Å². The molecule has 0 aromatic rings. The Labute approximate surface area is 175 Å². The van der Waals surface area contributed by atoms with E-state index in [1.54, 1.807) is 20.8 Å². The Kier molecular flexibility index (Phi) is 12.5. The van der Waals surface area contributed by atoms with Crippen LogP contribution in [0.25, 0.3) is 0 Å². The largest absolute Gasteiger partial charge is 0.444 e. The van der Waals surface area contributed by atoms with Gasteiger partial charge in [-0.1, -0.05) is 0 Å². The van der Waals surface area contributed by atoms with Gasteiger partial charge in [-0.3, -0.25) is 4.99 Å². The third kappa shape index (κ3) is 16.7. The molecule has 0 rings (SSSR count). The third-order valence-electron chi connectivity index (χ3n) is 2.80. The van der Waals surface area contributed by atoms with E-state index in [4.69, 9.17) is 4.74 Å². The summed E-state index contributed by atoms with van der Waals surface area (Å²) in [5.74, 6) is 0.709. The number of alkyl carbamates (subject to hydrolysis) is 1. The van der Waals surface area contributed by atoms with Gasteiger partial charge in [0.1, 0.15) is 15.4 Å². The maximum atomic E-state index is 11.9. The topological polar surface area (TPSA) is 109 Å². The van der Waals surface area contributed by atoms with Crippen molar-refractivity contribution in [1.29, 1.82) is 0 Å². The van der Waals surface area contributed by atoms with Crippen molar-refractivity contribution < 1.29 is 17.9 Å². The number of halogens is 1. The van der Waals surface area contributed by atoms with Gasteiger partial charge in [-0.05, 0) is 48.0 Å². The third-order valence-corrected chi connectivity index (χ3v) is 3.83. The first-order valence-electron chi connectivity index (χ1n) is 8.45. The normalized spacial score (nSPS) is 12.8. The van der Waals surface area contributed by atoms with Gasteiger partial charge in [0.15, 0.2) is 5.96 Å². The monoisotopic (exact) mass is 506 g/mol. The number of guanidine groups is 1. The molecule has 0 aliphatic rings. The van der Waals surface area contributed by atoms with Gasteiger partial charge in [0, 0.05) is 19.3 Å². The number of carbonyl (C=O) groups is 1. The summed E-state index contributed by atoms with van der Waals surface area (Å²) in [6.07, 6.45) is 1.23. The van der Waals surface area contributed by atoms with Gasteiger partial charge in [-0.25, -0.2) is 13.2 Å². The minimum atomic E-state index is -2.96. The van der Waals surface area contributed by atoms with E-state index in [2.05, 4.69) is 20.9 Å². The Balaban J connectivity index is 0. The summed E-state index contributed by atoms with van der Waals surface area (Å²) < 4.78 is 27.5. The zero-order valence-corrected chi connectivity index (χ0v) is 20.1. The predicted octanol–water partition coefficient (Wildman–Crippen LogP) is 1.90. The molecule has 0 aromatic heterocycles. The van der Waals surface area contributed by atoms with Gasteiger partial charge >= 0.3 is 6.09 Å². The van der Waals surface area contributed by atoms with Crippen LogP contribution in [0.5, 0.6) is 0 Å². The molecule has 0 saturated heterocycles. The lowest BCUT2D eigenvalue weighted by atomic mass is 10.1. The Morgan fingerprint density at radius 1 is 1.12 bits per heavy atom. The van der Waals surface area contributed by atoms with Crippen LogP contribution in [0.3, 0.4) is 0 Å². The van der Waals surface area contributed by atoms with Crippen molar-refractivity contribution >= 4 is 45.9 Å². The highest BCUT2D eigenvalue weighted by molar-refractivity contribution is 14.0. The molecule has 0 spiro atoms. The maximum Gasteiger partial charge on any atom is 0.408 e. The SMILES string of the molecule is CCNC(=NCC(C)(C)NC(=O)OC(C)(C)C)NCCCS(C)(=O)=O.I. The van der Waals surface area contributed by atoms with Crippen molar-refractivity contribution in [2.45, 2.75) is 59.1 Å². The summed E-state index contributed by atoms with van der Waals surface area (Å²) in [6, 6.07) is 0. The standard InChI is InChI=1S/C16H34N4O4S.HI/c1-8-17-13(18-10-9-11-25(7,22)23)19-12-16(5,6)20-14(21)24-15(2,3)4;/h8-12H2,1-7H3,(H,20,21)(H2,17,18,19);1H. The van der Waals surface area contributed by atoms with Crippen LogP contribution < -0.4 is 16.0 Å². The minimum absolute atomic E-state index is 0. The lowest BCUT2D eigenvalue weighted by molar-refractivity contribution is 0.0476. The molecule has 0 saturated carbocycles. The number of nitrogens with zero attached hydrogens (tertiary/aromatic N) is 1. The molecule has 1 amide bonds. The van der Waals surface area contributed by atoms with Crippen LogP contribution in [0, 0.1) is 0 Å². The van der Waals surface area contributed by atoms with E-state index in [9.17, 15) is 13.2 Å². The first kappa shape index (κ1) is 27.4. The summed E-state index contributed by atoms with van der Waals surface area (Å²) >= 11 is 0. The number of carbonyl (C=O) groups excluding carboxylic acids is 1. The van der Waals surface area contributed by atoms with Crippen LogP contribution in [0.4, 0.5) is 4.79 Å². The van der Waals surface area contributed by atoms with Crippen molar-refractivity contribution in [2.75, 3.05) is 31.6 Å². The van der Waals surface area contributed by atoms with E-state index in [0.717, 1.165) is 0 Å². The second-order valence-corrected chi connectivity index (χ2v) is 9.88. The quantitative estimate of drug-likeness (QED) is 0.201. The predicted molar refractivity (Wildman–Crippen MR) is 117 cm³/mol. The molecule has 0 atom stereocenters. The van der Waals surface area contributed by atoms with Gasteiger partial charge in [-0.2, -0.15) is 0 Å². The van der Waals surface area contributed by atoms with Gasteiger partial charge < -0.3 is 20.7 Å². The second-order valence-electron chi connectivity index (χ2n) is 7.62. The number of amides is 1. The number of hydrogen-bond donors (Lipinski definition) is 3. The average molecular weight is 506 g/mol. The maximum absolute atomic E-state index is 11.9. The Morgan fingerprint density at radius 3 is 2.15 bits per heavy atom. The molecule has 0 heterocycles. The number of hydrogen-bond acceptors (Lipinski definition) is 5. The van der Waals surface area contributed by atoms with E-state index in [1.165, 1.54) is 6.26 Å². The van der Waals surface area contributed by atoms with Gasteiger partial charge in [-0.15, -0.1) is 24.0 Å². The first-order chi connectivity index (χ1) is 11.2. The van der Waals surface area contributed by atoms with Crippen LogP contribution >= 0.6 is 24.0 Å². The smallest absolute Gasteiger partial charge is 0.408 e. The summed E-state index contributed by atoms with van der Waals surface area (Å²) in [7, 11) is -2.96. The molecule has 0 aliphatic carbocycles. The lowest BCUT2D eigenvalue weighted by Crippen LogP contribution is -2.49. The van der Waals surface area contributed by atoms with Gasteiger partial charge in [0.05, 0.1) is 17.8 Å². The van der Waals surface area contributed by atoms with E-state index in [1.807, 2.05) is 20.8 Å². The summed E-state index contributed by atoms with van der Waals surface area (Å²) in [5, 5.41) is 8.97.